The minimum atomic E-state index is -0.833. The van der Waals surface area contributed by atoms with Crippen LogP contribution in [-0.4, -0.2) is 37.2 Å². The molecule has 1 unspecified atom stereocenters. The van der Waals surface area contributed by atoms with Crippen molar-refractivity contribution in [3.8, 4) is 0 Å². The molecule has 0 aliphatic rings. The van der Waals surface area contributed by atoms with Crippen LogP contribution in [0.4, 0.5) is 0 Å². The fourth-order valence-corrected chi connectivity index (χ4v) is 8.93. The summed E-state index contributed by atoms with van der Waals surface area (Å²) in [7, 11) is 0. The number of carbonyl (C=O) groups excluding carboxylic acids is 3. The quantitative estimate of drug-likeness (QED) is 0.0261. The standard InChI is InChI=1S/C68H118O6/c1-4-7-10-13-16-19-22-24-26-27-28-29-30-31-32-33-34-35-36-37-38-39-40-41-43-44-46-49-52-55-58-61-67(70)73-64-65(63-72-66(69)60-57-54-51-48-21-18-15-12-9-6-3)74-68(71)62-59-56-53-50-47-45-42-25-23-20-17-14-11-8-5-2/h8,11-12,15,17,20,25,27-28,42,47,50,56,59,65H,4-7,9-10,13-14,16,18-19,21-24,26,29-41,43-46,48-49,51-55,57-58,60-64H2,1-3H3/b11-8-,15-12-,20-17-,28-27-,42-25-,50-47-,59-56-. The van der Waals surface area contributed by atoms with E-state index in [9.17, 15) is 14.4 Å². The Labute approximate surface area is 458 Å². The van der Waals surface area contributed by atoms with Gasteiger partial charge < -0.3 is 14.2 Å². The number of ether oxygens (including phenoxy) is 3. The van der Waals surface area contributed by atoms with Gasteiger partial charge in [0.25, 0.3) is 0 Å². The summed E-state index contributed by atoms with van der Waals surface area (Å²) in [4.78, 5) is 38.0. The topological polar surface area (TPSA) is 78.9 Å². The summed E-state index contributed by atoms with van der Waals surface area (Å²) in [5, 5.41) is 0. The lowest BCUT2D eigenvalue weighted by Crippen LogP contribution is -2.30. The number of unbranched alkanes of at least 4 members (excludes halogenated alkanes) is 33. The maximum atomic E-state index is 12.8. The van der Waals surface area contributed by atoms with Crippen molar-refractivity contribution in [2.75, 3.05) is 13.2 Å². The Bertz CT molecular complexity index is 1420. The Balaban J connectivity index is 4.15. The van der Waals surface area contributed by atoms with Crippen molar-refractivity contribution in [2.24, 2.45) is 0 Å². The van der Waals surface area contributed by atoms with Gasteiger partial charge in [-0.2, -0.15) is 0 Å². The van der Waals surface area contributed by atoms with Crippen molar-refractivity contribution < 1.29 is 28.6 Å². The van der Waals surface area contributed by atoms with Crippen molar-refractivity contribution in [3.05, 3.63) is 85.1 Å². The van der Waals surface area contributed by atoms with Crippen molar-refractivity contribution >= 4 is 17.9 Å². The zero-order valence-electron chi connectivity index (χ0n) is 48.8. The van der Waals surface area contributed by atoms with Crippen LogP contribution in [0.15, 0.2) is 85.1 Å². The average Bonchev–Trinajstić information content (AvgIpc) is 3.40. The van der Waals surface area contributed by atoms with Gasteiger partial charge in [-0.1, -0.05) is 286 Å². The fraction of sp³-hybridized carbons (Fsp3) is 0.750. The number of hydrogen-bond donors (Lipinski definition) is 0. The minimum absolute atomic E-state index is 0.0961. The number of esters is 3. The maximum Gasteiger partial charge on any atom is 0.310 e. The molecular weight excluding hydrogens is 913 g/mol. The van der Waals surface area contributed by atoms with Gasteiger partial charge in [-0.05, 0) is 89.9 Å². The predicted octanol–water partition coefficient (Wildman–Crippen LogP) is 21.5. The van der Waals surface area contributed by atoms with E-state index >= 15 is 0 Å². The Morgan fingerprint density at radius 2 is 0.595 bits per heavy atom. The molecular formula is C68H118O6. The van der Waals surface area contributed by atoms with Crippen LogP contribution in [0.5, 0.6) is 0 Å². The lowest BCUT2D eigenvalue weighted by Gasteiger charge is -2.18. The molecule has 0 rings (SSSR count). The van der Waals surface area contributed by atoms with Crippen molar-refractivity contribution in [1.82, 2.24) is 0 Å². The second kappa shape index (κ2) is 62.1. The van der Waals surface area contributed by atoms with E-state index < -0.39 is 12.1 Å². The van der Waals surface area contributed by atoms with Crippen LogP contribution in [0.3, 0.4) is 0 Å². The van der Waals surface area contributed by atoms with E-state index in [1.54, 1.807) is 6.08 Å². The van der Waals surface area contributed by atoms with Crippen LogP contribution in [0, 0.1) is 0 Å². The second-order valence-electron chi connectivity index (χ2n) is 20.9. The normalized spacial score (nSPS) is 12.6. The average molecular weight is 1030 g/mol. The van der Waals surface area contributed by atoms with Gasteiger partial charge in [0.2, 0.25) is 0 Å². The fourth-order valence-electron chi connectivity index (χ4n) is 8.93. The summed E-state index contributed by atoms with van der Waals surface area (Å²) in [5.74, 6) is -1.05. The highest BCUT2D eigenvalue weighted by Crippen LogP contribution is 2.17. The lowest BCUT2D eigenvalue weighted by atomic mass is 10.0. The van der Waals surface area contributed by atoms with Gasteiger partial charge in [0.15, 0.2) is 6.10 Å². The number of carbonyl (C=O) groups is 3. The molecule has 0 fully saturated rings. The Hall–Kier alpha value is -3.41. The third-order valence-corrected chi connectivity index (χ3v) is 13.6. The zero-order valence-corrected chi connectivity index (χ0v) is 48.8. The number of hydrogen-bond acceptors (Lipinski definition) is 6. The van der Waals surface area contributed by atoms with Crippen LogP contribution in [0.1, 0.15) is 310 Å². The molecule has 0 aliphatic carbocycles. The zero-order chi connectivity index (χ0) is 53.6. The molecule has 74 heavy (non-hydrogen) atoms. The molecule has 1 atom stereocenters. The summed E-state index contributed by atoms with van der Waals surface area (Å²) < 4.78 is 16.7. The van der Waals surface area contributed by atoms with E-state index in [1.165, 1.54) is 180 Å². The summed E-state index contributed by atoms with van der Waals surface area (Å²) in [5.41, 5.74) is 0. The van der Waals surface area contributed by atoms with E-state index in [1.807, 2.05) is 6.08 Å². The molecule has 0 heterocycles. The van der Waals surface area contributed by atoms with E-state index in [0.717, 1.165) is 89.9 Å². The van der Waals surface area contributed by atoms with Crippen molar-refractivity contribution in [2.45, 2.75) is 316 Å². The smallest absolute Gasteiger partial charge is 0.310 e. The Kier molecular flexibility index (Phi) is 59.3. The van der Waals surface area contributed by atoms with E-state index in [-0.39, 0.29) is 31.6 Å². The van der Waals surface area contributed by atoms with Crippen LogP contribution in [0.2, 0.25) is 0 Å². The van der Waals surface area contributed by atoms with Crippen LogP contribution in [-0.2, 0) is 28.6 Å². The molecule has 0 spiro atoms. The highest BCUT2D eigenvalue weighted by atomic mass is 16.6. The van der Waals surface area contributed by atoms with Crippen molar-refractivity contribution in [1.29, 1.82) is 0 Å². The van der Waals surface area contributed by atoms with E-state index in [2.05, 4.69) is 93.7 Å². The van der Waals surface area contributed by atoms with Gasteiger partial charge in [0.1, 0.15) is 13.2 Å². The van der Waals surface area contributed by atoms with Gasteiger partial charge in [0, 0.05) is 12.8 Å². The van der Waals surface area contributed by atoms with Crippen LogP contribution >= 0.6 is 0 Å². The van der Waals surface area contributed by atoms with Crippen LogP contribution in [0.25, 0.3) is 0 Å². The van der Waals surface area contributed by atoms with Gasteiger partial charge in [-0.15, -0.1) is 0 Å². The number of rotatable bonds is 57. The lowest BCUT2D eigenvalue weighted by molar-refractivity contribution is -0.166. The van der Waals surface area contributed by atoms with Gasteiger partial charge in [0.05, 0.1) is 6.42 Å². The Morgan fingerprint density at radius 3 is 0.932 bits per heavy atom. The SMILES string of the molecule is CC/C=C\C/C=C\C/C=C\C/C=C\C/C=C\CC(=O)OC(COC(=O)CCCCCCC/C=C\CCC)COC(=O)CCCCCCCCCCCCCCCCCCCCC/C=C\CCCCCCCCCC. The molecule has 0 aromatic rings. The summed E-state index contributed by atoms with van der Waals surface area (Å²) in [6, 6.07) is 0. The van der Waals surface area contributed by atoms with E-state index in [0.29, 0.717) is 12.8 Å². The molecule has 0 radical (unpaired) electrons. The summed E-state index contributed by atoms with van der Waals surface area (Å²) in [6.45, 7) is 6.39. The minimum Gasteiger partial charge on any atom is -0.462 e. The molecule has 6 nitrogen and oxygen atoms in total. The van der Waals surface area contributed by atoms with E-state index in [4.69, 9.17) is 14.2 Å². The third-order valence-electron chi connectivity index (χ3n) is 13.6. The first kappa shape index (κ1) is 70.6. The first-order valence-electron chi connectivity index (χ1n) is 31.6. The predicted molar refractivity (Wildman–Crippen MR) is 321 cm³/mol. The third kappa shape index (κ3) is 59.5. The molecule has 426 valence electrons. The summed E-state index contributed by atoms with van der Waals surface area (Å²) >= 11 is 0. The number of allylic oxidation sites excluding steroid dienone is 13. The first-order chi connectivity index (χ1) is 36.5. The van der Waals surface area contributed by atoms with Gasteiger partial charge in [-0.25, -0.2) is 0 Å². The monoisotopic (exact) mass is 1030 g/mol. The molecule has 0 aromatic heterocycles. The molecule has 0 aliphatic heterocycles. The first-order valence-corrected chi connectivity index (χ1v) is 31.6. The highest BCUT2D eigenvalue weighted by molar-refractivity contribution is 5.72. The highest BCUT2D eigenvalue weighted by Gasteiger charge is 2.19. The molecule has 6 heteroatoms. The maximum absolute atomic E-state index is 12.8. The second-order valence-corrected chi connectivity index (χ2v) is 20.9. The summed E-state index contributed by atoms with van der Waals surface area (Å²) in [6.07, 6.45) is 82.2. The van der Waals surface area contributed by atoms with Gasteiger partial charge in [-0.3, -0.25) is 14.4 Å². The molecule has 0 N–H and O–H groups in total. The van der Waals surface area contributed by atoms with Crippen LogP contribution < -0.4 is 0 Å². The molecule has 0 aromatic carbocycles. The van der Waals surface area contributed by atoms with Crippen molar-refractivity contribution in [3.63, 3.8) is 0 Å². The molecule has 0 bridgehead atoms. The molecule has 0 amide bonds. The largest absolute Gasteiger partial charge is 0.462 e. The molecule has 0 saturated heterocycles. The molecule has 0 saturated carbocycles. The van der Waals surface area contributed by atoms with Gasteiger partial charge >= 0.3 is 17.9 Å². The Morgan fingerprint density at radius 1 is 0.297 bits per heavy atom.